The molecule has 0 bridgehead atoms. The molecule has 2 aromatic heterocycles. The van der Waals surface area contributed by atoms with Crippen molar-refractivity contribution >= 4 is 34.9 Å². The average molecular weight is 313 g/mol. The van der Waals surface area contributed by atoms with Crippen molar-refractivity contribution in [2.75, 3.05) is 5.32 Å². The van der Waals surface area contributed by atoms with Crippen molar-refractivity contribution in [3.05, 3.63) is 65.1 Å². The topological polar surface area (TPSA) is 59.3 Å². The Kier molecular flexibility index (Phi) is 3.89. The molecule has 3 rings (SSSR count). The van der Waals surface area contributed by atoms with Crippen LogP contribution >= 0.6 is 11.6 Å². The fourth-order valence-corrected chi connectivity index (χ4v) is 2.12. The Labute approximate surface area is 132 Å². The van der Waals surface area contributed by atoms with Gasteiger partial charge in [0.2, 0.25) is 5.91 Å². The molecule has 0 saturated heterocycles. The Hall–Kier alpha value is -2.66. The molecule has 0 fully saturated rings. The van der Waals surface area contributed by atoms with E-state index in [9.17, 15) is 4.79 Å². The third kappa shape index (κ3) is 3.32. The molecule has 1 aromatic carbocycles. The van der Waals surface area contributed by atoms with Crippen LogP contribution in [-0.4, -0.2) is 20.5 Å². The zero-order valence-corrected chi connectivity index (χ0v) is 12.6. The standard InChI is InChI=1S/C16H13ClN4O/c1-11-18-15-8-7-14(10-21(15)20-11)19-16(22)9-4-12-2-5-13(17)6-3-12/h2-10H,1H3,(H,19,22)/b9-4+. The average Bonchev–Trinajstić information content (AvgIpc) is 2.86. The van der Waals surface area contributed by atoms with Crippen LogP contribution in [0.5, 0.6) is 0 Å². The molecule has 0 saturated carbocycles. The van der Waals surface area contributed by atoms with Gasteiger partial charge in [0.05, 0.1) is 11.9 Å². The molecule has 5 nitrogen and oxygen atoms in total. The molecule has 0 atom stereocenters. The highest BCUT2D eigenvalue weighted by Crippen LogP contribution is 2.12. The molecular formula is C16H13ClN4O. The molecule has 0 aliphatic rings. The fraction of sp³-hybridized carbons (Fsp3) is 0.0625. The van der Waals surface area contributed by atoms with Crippen LogP contribution in [0.2, 0.25) is 5.02 Å². The monoisotopic (exact) mass is 312 g/mol. The van der Waals surface area contributed by atoms with E-state index in [4.69, 9.17) is 11.6 Å². The number of carbonyl (C=O) groups is 1. The summed E-state index contributed by atoms with van der Waals surface area (Å²) in [7, 11) is 0. The van der Waals surface area contributed by atoms with Gasteiger partial charge in [0, 0.05) is 11.1 Å². The number of hydrogen-bond donors (Lipinski definition) is 1. The van der Waals surface area contributed by atoms with Gasteiger partial charge in [-0.15, -0.1) is 0 Å². The van der Waals surface area contributed by atoms with E-state index in [1.54, 1.807) is 41.1 Å². The van der Waals surface area contributed by atoms with Gasteiger partial charge in [-0.2, -0.15) is 5.10 Å². The van der Waals surface area contributed by atoms with Crippen molar-refractivity contribution in [1.82, 2.24) is 14.6 Å². The van der Waals surface area contributed by atoms with Crippen LogP contribution in [0.15, 0.2) is 48.7 Å². The number of benzene rings is 1. The van der Waals surface area contributed by atoms with E-state index in [2.05, 4.69) is 15.4 Å². The minimum atomic E-state index is -0.217. The molecule has 22 heavy (non-hydrogen) atoms. The lowest BCUT2D eigenvalue weighted by atomic mass is 10.2. The van der Waals surface area contributed by atoms with Crippen LogP contribution in [0, 0.1) is 6.92 Å². The van der Waals surface area contributed by atoms with Gasteiger partial charge in [-0.1, -0.05) is 23.7 Å². The summed E-state index contributed by atoms with van der Waals surface area (Å²) in [6.07, 6.45) is 4.92. The van der Waals surface area contributed by atoms with E-state index >= 15 is 0 Å². The van der Waals surface area contributed by atoms with E-state index in [1.807, 2.05) is 19.1 Å². The number of pyridine rings is 1. The SMILES string of the molecule is Cc1nc2ccc(NC(=O)/C=C/c3ccc(Cl)cc3)cn2n1. The van der Waals surface area contributed by atoms with Gasteiger partial charge >= 0.3 is 0 Å². The first-order chi connectivity index (χ1) is 10.6. The maximum atomic E-state index is 11.9. The first-order valence-electron chi connectivity index (χ1n) is 6.68. The largest absolute Gasteiger partial charge is 0.321 e. The lowest BCUT2D eigenvalue weighted by molar-refractivity contribution is -0.111. The second-order valence-corrected chi connectivity index (χ2v) is 5.19. The molecule has 110 valence electrons. The second kappa shape index (κ2) is 5.99. The molecule has 0 unspecified atom stereocenters. The highest BCUT2D eigenvalue weighted by atomic mass is 35.5. The lowest BCUT2D eigenvalue weighted by Gasteiger charge is -2.02. The predicted molar refractivity (Wildman–Crippen MR) is 86.8 cm³/mol. The van der Waals surface area contributed by atoms with Crippen molar-refractivity contribution < 1.29 is 4.79 Å². The summed E-state index contributed by atoms with van der Waals surface area (Å²) in [6, 6.07) is 10.8. The van der Waals surface area contributed by atoms with Gasteiger partial charge in [-0.3, -0.25) is 4.79 Å². The second-order valence-electron chi connectivity index (χ2n) is 4.75. The highest BCUT2D eigenvalue weighted by Gasteiger charge is 2.02. The molecule has 3 aromatic rings. The zero-order chi connectivity index (χ0) is 15.5. The van der Waals surface area contributed by atoms with Gasteiger partial charge in [-0.05, 0) is 42.8 Å². The molecule has 2 heterocycles. The lowest BCUT2D eigenvalue weighted by Crippen LogP contribution is -2.08. The summed E-state index contributed by atoms with van der Waals surface area (Å²) in [5.74, 6) is 0.470. The Morgan fingerprint density at radius 1 is 1.23 bits per heavy atom. The number of aryl methyl sites for hydroxylation is 1. The van der Waals surface area contributed by atoms with Crippen LogP contribution in [0.25, 0.3) is 11.7 Å². The van der Waals surface area contributed by atoms with Crippen molar-refractivity contribution in [3.63, 3.8) is 0 Å². The van der Waals surface area contributed by atoms with Gasteiger partial charge in [0.15, 0.2) is 5.65 Å². The zero-order valence-electron chi connectivity index (χ0n) is 11.8. The third-order valence-corrected chi connectivity index (χ3v) is 3.25. The summed E-state index contributed by atoms with van der Waals surface area (Å²) in [5, 5.41) is 7.66. The van der Waals surface area contributed by atoms with Gasteiger partial charge in [-0.25, -0.2) is 9.50 Å². The molecule has 1 amide bonds. The first kappa shape index (κ1) is 14.3. The van der Waals surface area contributed by atoms with E-state index in [0.717, 1.165) is 11.2 Å². The minimum Gasteiger partial charge on any atom is -0.321 e. The third-order valence-electron chi connectivity index (χ3n) is 3.00. The molecule has 0 spiro atoms. The summed E-state index contributed by atoms with van der Waals surface area (Å²) in [5.41, 5.74) is 2.30. The highest BCUT2D eigenvalue weighted by molar-refractivity contribution is 6.30. The molecule has 1 N–H and O–H groups in total. The van der Waals surface area contributed by atoms with Crippen molar-refractivity contribution in [2.45, 2.75) is 6.92 Å². The molecule has 0 aliphatic carbocycles. The Morgan fingerprint density at radius 2 is 2.00 bits per heavy atom. The van der Waals surface area contributed by atoms with Crippen LogP contribution in [-0.2, 0) is 4.79 Å². The molecule has 0 radical (unpaired) electrons. The quantitative estimate of drug-likeness (QED) is 0.755. The van der Waals surface area contributed by atoms with Crippen LogP contribution in [0.4, 0.5) is 5.69 Å². The number of carbonyl (C=O) groups excluding carboxylic acids is 1. The number of fused-ring (bicyclic) bond motifs is 1. The van der Waals surface area contributed by atoms with E-state index in [0.29, 0.717) is 16.5 Å². The number of aromatic nitrogens is 3. The fourth-order valence-electron chi connectivity index (χ4n) is 2.00. The predicted octanol–water partition coefficient (Wildman–Crippen LogP) is 3.34. The van der Waals surface area contributed by atoms with Gasteiger partial charge in [0.25, 0.3) is 0 Å². The van der Waals surface area contributed by atoms with Crippen molar-refractivity contribution in [1.29, 1.82) is 0 Å². The smallest absolute Gasteiger partial charge is 0.248 e. The maximum absolute atomic E-state index is 11.9. The number of nitrogens with zero attached hydrogens (tertiary/aromatic N) is 3. The van der Waals surface area contributed by atoms with Crippen LogP contribution in [0.1, 0.15) is 11.4 Å². The maximum Gasteiger partial charge on any atom is 0.248 e. The van der Waals surface area contributed by atoms with E-state index < -0.39 is 0 Å². The van der Waals surface area contributed by atoms with Crippen LogP contribution in [0.3, 0.4) is 0 Å². The molecule has 0 aliphatic heterocycles. The first-order valence-corrected chi connectivity index (χ1v) is 7.06. The van der Waals surface area contributed by atoms with E-state index in [-0.39, 0.29) is 5.91 Å². The summed E-state index contributed by atoms with van der Waals surface area (Å²) >= 11 is 5.81. The number of anilines is 1. The van der Waals surface area contributed by atoms with Crippen LogP contribution < -0.4 is 5.32 Å². The van der Waals surface area contributed by atoms with Crippen molar-refractivity contribution in [3.8, 4) is 0 Å². The van der Waals surface area contributed by atoms with Crippen molar-refractivity contribution in [2.24, 2.45) is 0 Å². The van der Waals surface area contributed by atoms with Gasteiger partial charge in [0.1, 0.15) is 5.82 Å². The summed E-state index contributed by atoms with van der Waals surface area (Å²) < 4.78 is 1.63. The Morgan fingerprint density at radius 3 is 2.77 bits per heavy atom. The number of hydrogen-bond acceptors (Lipinski definition) is 3. The summed E-state index contributed by atoms with van der Waals surface area (Å²) in [6.45, 7) is 1.82. The van der Waals surface area contributed by atoms with Gasteiger partial charge < -0.3 is 5.32 Å². The Bertz CT molecular complexity index is 852. The van der Waals surface area contributed by atoms with E-state index in [1.165, 1.54) is 6.08 Å². The Balaban J connectivity index is 1.70. The number of amides is 1. The number of nitrogens with one attached hydrogen (secondary N) is 1. The summed E-state index contributed by atoms with van der Waals surface area (Å²) in [4.78, 5) is 16.2. The molecule has 6 heteroatoms. The minimum absolute atomic E-state index is 0.217. The number of halogens is 1. The number of rotatable bonds is 3. The molecular weight excluding hydrogens is 300 g/mol. The normalized spacial score (nSPS) is 11.2.